The van der Waals surface area contributed by atoms with Gasteiger partial charge in [0.15, 0.2) is 0 Å². The summed E-state index contributed by atoms with van der Waals surface area (Å²) in [6.45, 7) is 2.66. The molecular weight excluding hydrogens is 300 g/mol. The minimum absolute atomic E-state index is 0.0392. The Morgan fingerprint density at radius 3 is 2.90 bits per heavy atom. The van der Waals surface area contributed by atoms with Crippen LogP contribution in [0.15, 0.2) is 16.3 Å². The summed E-state index contributed by atoms with van der Waals surface area (Å²) in [6, 6.07) is 3.00. The van der Waals surface area contributed by atoms with Crippen LogP contribution in [0.2, 0.25) is 0 Å². The van der Waals surface area contributed by atoms with Crippen LogP contribution in [0.25, 0.3) is 0 Å². The molecule has 2 unspecified atom stereocenters. The van der Waals surface area contributed by atoms with Crippen LogP contribution in [0.4, 0.5) is 0 Å². The van der Waals surface area contributed by atoms with Gasteiger partial charge in [-0.1, -0.05) is 0 Å². The Labute approximate surface area is 122 Å². The number of hydrogen-bond acceptors (Lipinski definition) is 5. The molecule has 1 aromatic rings. The molecule has 0 bridgehead atoms. The van der Waals surface area contributed by atoms with Crippen molar-refractivity contribution in [2.45, 2.75) is 42.5 Å². The average molecular weight is 318 g/mol. The number of thiophene rings is 1. The van der Waals surface area contributed by atoms with Gasteiger partial charge in [-0.3, -0.25) is 4.79 Å². The highest BCUT2D eigenvalue weighted by atomic mass is 32.2. The number of hydrogen-bond donors (Lipinski definition) is 2. The Kier molecular flexibility index (Phi) is 4.79. The Morgan fingerprint density at radius 2 is 2.35 bits per heavy atom. The van der Waals surface area contributed by atoms with E-state index in [0.717, 1.165) is 30.8 Å². The van der Waals surface area contributed by atoms with Crippen molar-refractivity contribution in [1.82, 2.24) is 5.32 Å². The van der Waals surface area contributed by atoms with Crippen LogP contribution in [0.3, 0.4) is 0 Å². The number of nitrogens with one attached hydrogen (secondary N) is 1. The summed E-state index contributed by atoms with van der Waals surface area (Å²) in [6.07, 6.45) is 2.20. The fraction of sp³-hybridized carbons (Fsp3) is 0.583. The Hall–Kier alpha value is -0.960. The van der Waals surface area contributed by atoms with E-state index in [-0.39, 0.29) is 28.7 Å². The van der Waals surface area contributed by atoms with E-state index in [1.54, 1.807) is 6.07 Å². The van der Waals surface area contributed by atoms with E-state index in [1.165, 1.54) is 6.07 Å². The van der Waals surface area contributed by atoms with E-state index in [0.29, 0.717) is 4.88 Å². The summed E-state index contributed by atoms with van der Waals surface area (Å²) in [4.78, 5) is 12.6. The first-order chi connectivity index (χ1) is 9.36. The third-order valence-electron chi connectivity index (χ3n) is 3.16. The van der Waals surface area contributed by atoms with E-state index in [2.05, 4.69) is 5.32 Å². The van der Waals surface area contributed by atoms with Crippen LogP contribution in [-0.2, 0) is 26.0 Å². The normalized spacial score (nSPS) is 20.8. The maximum Gasteiger partial charge on any atom is 0.247 e. The zero-order chi connectivity index (χ0) is 14.8. The molecule has 0 aromatic carbocycles. The monoisotopic (exact) mass is 318 g/mol. The van der Waals surface area contributed by atoms with Crippen molar-refractivity contribution in [3.8, 4) is 0 Å². The third kappa shape index (κ3) is 4.02. The SMILES string of the molecule is CC(NC(=O)Cc1ccc(S(N)(=O)=O)s1)C1CCCO1. The molecule has 0 aliphatic carbocycles. The number of carbonyl (C=O) groups excluding carboxylic acids is 1. The number of nitrogens with two attached hydrogens (primary N) is 1. The number of rotatable bonds is 5. The molecule has 1 aliphatic rings. The van der Waals surface area contributed by atoms with Gasteiger partial charge in [0.2, 0.25) is 15.9 Å². The summed E-state index contributed by atoms with van der Waals surface area (Å²) < 4.78 is 27.9. The Balaban J connectivity index is 1.89. The molecule has 2 heterocycles. The second-order valence-electron chi connectivity index (χ2n) is 4.85. The maximum absolute atomic E-state index is 11.9. The zero-order valence-electron chi connectivity index (χ0n) is 11.2. The summed E-state index contributed by atoms with van der Waals surface area (Å²) in [5.74, 6) is -0.143. The Bertz CT molecular complexity index is 576. The van der Waals surface area contributed by atoms with Gasteiger partial charge in [-0.15, -0.1) is 11.3 Å². The van der Waals surface area contributed by atoms with Crippen LogP contribution in [0.1, 0.15) is 24.6 Å². The van der Waals surface area contributed by atoms with Crippen LogP contribution < -0.4 is 10.5 Å². The average Bonchev–Trinajstić information content (AvgIpc) is 2.97. The molecule has 1 fully saturated rings. The van der Waals surface area contributed by atoms with Crippen LogP contribution >= 0.6 is 11.3 Å². The first-order valence-corrected chi connectivity index (χ1v) is 8.75. The molecule has 3 N–H and O–H groups in total. The van der Waals surface area contributed by atoms with Gasteiger partial charge in [-0.2, -0.15) is 0 Å². The van der Waals surface area contributed by atoms with Gasteiger partial charge in [0.05, 0.1) is 18.6 Å². The number of sulfonamides is 1. The van der Waals surface area contributed by atoms with Crippen molar-refractivity contribution in [2.75, 3.05) is 6.61 Å². The molecule has 1 aliphatic heterocycles. The van der Waals surface area contributed by atoms with E-state index >= 15 is 0 Å². The molecular formula is C12H18N2O4S2. The summed E-state index contributed by atoms with van der Waals surface area (Å²) in [5, 5.41) is 7.91. The molecule has 2 atom stereocenters. The van der Waals surface area contributed by atoms with Gasteiger partial charge in [0.1, 0.15) is 4.21 Å². The van der Waals surface area contributed by atoms with Gasteiger partial charge >= 0.3 is 0 Å². The maximum atomic E-state index is 11.9. The van der Waals surface area contributed by atoms with E-state index in [4.69, 9.17) is 9.88 Å². The molecule has 1 saturated heterocycles. The van der Waals surface area contributed by atoms with Crippen molar-refractivity contribution in [2.24, 2.45) is 5.14 Å². The number of carbonyl (C=O) groups is 1. The van der Waals surface area contributed by atoms with Gasteiger partial charge in [0, 0.05) is 11.5 Å². The van der Waals surface area contributed by atoms with Crippen molar-refractivity contribution >= 4 is 27.3 Å². The van der Waals surface area contributed by atoms with E-state index in [1.807, 2.05) is 6.92 Å². The largest absolute Gasteiger partial charge is 0.376 e. The highest BCUT2D eigenvalue weighted by Crippen LogP contribution is 2.21. The molecule has 0 saturated carbocycles. The zero-order valence-corrected chi connectivity index (χ0v) is 12.8. The molecule has 1 aromatic heterocycles. The predicted molar refractivity (Wildman–Crippen MR) is 76.0 cm³/mol. The third-order valence-corrected chi connectivity index (χ3v) is 5.69. The van der Waals surface area contributed by atoms with Crippen molar-refractivity contribution in [3.05, 3.63) is 17.0 Å². The molecule has 1 amide bonds. The van der Waals surface area contributed by atoms with Crippen LogP contribution in [0.5, 0.6) is 0 Å². The van der Waals surface area contributed by atoms with E-state index < -0.39 is 10.0 Å². The summed E-state index contributed by atoms with van der Waals surface area (Å²) >= 11 is 1.02. The molecule has 8 heteroatoms. The first kappa shape index (κ1) is 15.4. The second kappa shape index (κ2) is 6.21. The standard InChI is InChI=1S/C12H18N2O4S2/c1-8(10-3-2-6-18-10)14-11(15)7-9-4-5-12(19-9)20(13,16)17/h4-5,8,10H,2-3,6-7H2,1H3,(H,14,15)(H2,13,16,17). The summed E-state index contributed by atoms with van der Waals surface area (Å²) in [5.41, 5.74) is 0. The summed E-state index contributed by atoms with van der Waals surface area (Å²) in [7, 11) is -3.69. The minimum atomic E-state index is -3.69. The number of primary sulfonamides is 1. The second-order valence-corrected chi connectivity index (χ2v) is 7.81. The number of amides is 1. The lowest BCUT2D eigenvalue weighted by molar-refractivity contribution is -0.121. The highest BCUT2D eigenvalue weighted by Gasteiger charge is 2.23. The predicted octanol–water partition coefficient (Wildman–Crippen LogP) is 0.622. The topological polar surface area (TPSA) is 98.5 Å². The molecule has 6 nitrogen and oxygen atoms in total. The highest BCUT2D eigenvalue weighted by molar-refractivity contribution is 7.91. The molecule has 20 heavy (non-hydrogen) atoms. The minimum Gasteiger partial charge on any atom is -0.376 e. The fourth-order valence-corrected chi connectivity index (χ4v) is 3.94. The van der Waals surface area contributed by atoms with Gasteiger partial charge in [-0.05, 0) is 31.9 Å². The van der Waals surface area contributed by atoms with Gasteiger partial charge in [0.25, 0.3) is 0 Å². The number of ether oxygens (including phenoxy) is 1. The lowest BCUT2D eigenvalue weighted by Crippen LogP contribution is -2.41. The van der Waals surface area contributed by atoms with Gasteiger partial charge in [-0.25, -0.2) is 13.6 Å². The molecule has 112 valence electrons. The fourth-order valence-electron chi connectivity index (χ4n) is 2.16. The lowest BCUT2D eigenvalue weighted by Gasteiger charge is -2.19. The van der Waals surface area contributed by atoms with Crippen molar-refractivity contribution < 1.29 is 17.9 Å². The van der Waals surface area contributed by atoms with Crippen molar-refractivity contribution in [3.63, 3.8) is 0 Å². The smallest absolute Gasteiger partial charge is 0.247 e. The Morgan fingerprint density at radius 1 is 1.60 bits per heavy atom. The van der Waals surface area contributed by atoms with E-state index in [9.17, 15) is 13.2 Å². The lowest BCUT2D eigenvalue weighted by atomic mass is 10.1. The van der Waals surface area contributed by atoms with Gasteiger partial charge < -0.3 is 10.1 Å². The first-order valence-electron chi connectivity index (χ1n) is 6.39. The molecule has 2 rings (SSSR count). The van der Waals surface area contributed by atoms with Crippen molar-refractivity contribution in [1.29, 1.82) is 0 Å². The van der Waals surface area contributed by atoms with Crippen LogP contribution in [0, 0.1) is 0 Å². The molecule has 0 spiro atoms. The van der Waals surface area contributed by atoms with Crippen LogP contribution in [-0.4, -0.2) is 33.1 Å². The molecule has 0 radical (unpaired) electrons. The quantitative estimate of drug-likeness (QED) is 0.831.